The zero-order chi connectivity index (χ0) is 43.1. The number of phenols is 5. The lowest BCUT2D eigenvalue weighted by Gasteiger charge is -2.43. The first-order valence-electron chi connectivity index (χ1n) is 18.0. The van der Waals surface area contributed by atoms with E-state index < -0.39 is 89.3 Å². The Labute approximate surface area is 339 Å². The number of carbonyl (C=O) groups is 4. The molecule has 60 heavy (non-hydrogen) atoms. The van der Waals surface area contributed by atoms with Crippen molar-refractivity contribution in [3.05, 3.63) is 118 Å². The molecule has 310 valence electrons. The Bertz CT molecular complexity index is 2500. The average molecular weight is 825 g/mol. The predicted octanol–water partition coefficient (Wildman–Crippen LogP) is 4.84. The summed E-state index contributed by atoms with van der Waals surface area (Å²) in [4.78, 5) is 65.8. The summed E-state index contributed by atoms with van der Waals surface area (Å²) in [5.41, 5.74) is -0.176. The molecule has 0 radical (unpaired) electrons. The van der Waals surface area contributed by atoms with Crippen LogP contribution in [0.2, 0.25) is 0 Å². The zero-order valence-corrected chi connectivity index (χ0v) is 31.6. The number of phenolic OH excluding ortho intramolecular Hbond substituents is 5. The maximum absolute atomic E-state index is 14.3. The molecule has 0 spiro atoms. The SMILES string of the molecule is CC(=O)O[C@@H]1[C@@H](OC(=O)C=Cc2ccc(O)cc2)[C@H](Oc2c(-c3ccc(O)cc3)oc3cc(O)cc(O)c3c2=O)O[C@H](COC(=O)/C=C/c2ccc(O)cc2)[C@H]1OC(C)=O. The minimum Gasteiger partial charge on any atom is -0.508 e. The Kier molecular flexibility index (Phi) is 12.7. The first kappa shape index (κ1) is 41.8. The Balaban J connectivity index is 1.44. The minimum absolute atomic E-state index is 0.00453. The lowest BCUT2D eigenvalue weighted by Crippen LogP contribution is -2.63. The van der Waals surface area contributed by atoms with Crippen LogP contribution in [-0.2, 0) is 42.9 Å². The van der Waals surface area contributed by atoms with E-state index in [2.05, 4.69) is 0 Å². The van der Waals surface area contributed by atoms with Gasteiger partial charge in [-0.1, -0.05) is 24.3 Å². The highest BCUT2D eigenvalue weighted by Gasteiger charge is 2.54. The Morgan fingerprint density at radius 3 is 1.75 bits per heavy atom. The van der Waals surface area contributed by atoms with Crippen LogP contribution in [0.4, 0.5) is 0 Å². The molecule has 1 aliphatic heterocycles. The van der Waals surface area contributed by atoms with Gasteiger partial charge in [0.15, 0.2) is 18.0 Å². The van der Waals surface area contributed by atoms with E-state index in [-0.39, 0.29) is 34.2 Å². The molecule has 5 N–H and O–H groups in total. The van der Waals surface area contributed by atoms with Gasteiger partial charge in [0.1, 0.15) is 52.4 Å². The van der Waals surface area contributed by atoms with Gasteiger partial charge in [-0.05, 0) is 71.8 Å². The number of esters is 4. The van der Waals surface area contributed by atoms with E-state index in [1.807, 2.05) is 0 Å². The van der Waals surface area contributed by atoms with Gasteiger partial charge in [0.2, 0.25) is 23.6 Å². The highest BCUT2D eigenvalue weighted by Crippen LogP contribution is 2.38. The number of ether oxygens (including phenoxy) is 6. The van der Waals surface area contributed by atoms with E-state index in [9.17, 15) is 49.5 Å². The van der Waals surface area contributed by atoms with E-state index in [1.54, 1.807) is 0 Å². The molecule has 1 aliphatic rings. The Morgan fingerprint density at radius 1 is 0.650 bits per heavy atom. The summed E-state index contributed by atoms with van der Waals surface area (Å²) in [7, 11) is 0. The monoisotopic (exact) mass is 824 g/mol. The summed E-state index contributed by atoms with van der Waals surface area (Å²) in [5.74, 6) is -6.18. The van der Waals surface area contributed by atoms with Gasteiger partial charge in [0.25, 0.3) is 0 Å². The standard InChI is InChI=1S/C43H36O17/c1-22(44)55-39-33(21-54-34(51)17-7-24-3-11-27(46)12-4-24)58-43(42(41(39)56-23(2)45)59-35(52)18-8-25-5-13-28(47)14-6-25)60-40-37(53)36-31(50)19-30(49)20-32(36)57-38(40)26-9-15-29(48)16-10-26/h3-20,33,39,41-43,46-50H,21H2,1-2H3/b17-7+,18-8?/t33-,39-,41+,42-,43+/m1/s1. The van der Waals surface area contributed by atoms with Gasteiger partial charge in [0.05, 0.1) is 0 Å². The highest BCUT2D eigenvalue weighted by atomic mass is 16.7. The van der Waals surface area contributed by atoms with Crippen molar-refractivity contribution in [1.82, 2.24) is 0 Å². The van der Waals surface area contributed by atoms with Crippen LogP contribution in [0.5, 0.6) is 34.5 Å². The van der Waals surface area contributed by atoms with Crippen molar-refractivity contribution in [2.24, 2.45) is 0 Å². The van der Waals surface area contributed by atoms with E-state index in [4.69, 9.17) is 32.8 Å². The van der Waals surface area contributed by atoms with Crippen molar-refractivity contribution in [2.75, 3.05) is 6.61 Å². The fourth-order valence-electron chi connectivity index (χ4n) is 6.07. The number of benzene rings is 4. The van der Waals surface area contributed by atoms with E-state index >= 15 is 0 Å². The smallest absolute Gasteiger partial charge is 0.331 e. The van der Waals surface area contributed by atoms with Crippen LogP contribution in [0, 0.1) is 0 Å². The number of fused-ring (bicyclic) bond motifs is 1. The summed E-state index contributed by atoms with van der Waals surface area (Å²) in [6.07, 6.45) is -4.02. The third-order valence-corrected chi connectivity index (χ3v) is 8.73. The number of carbonyl (C=O) groups excluding carboxylic acids is 4. The van der Waals surface area contributed by atoms with Crippen LogP contribution >= 0.6 is 0 Å². The number of aromatic hydroxyl groups is 5. The van der Waals surface area contributed by atoms with Crippen LogP contribution in [0.1, 0.15) is 25.0 Å². The van der Waals surface area contributed by atoms with Crippen LogP contribution in [-0.4, -0.2) is 86.7 Å². The van der Waals surface area contributed by atoms with Crippen molar-refractivity contribution < 1.29 is 77.5 Å². The third kappa shape index (κ3) is 10.2. The quantitative estimate of drug-likeness (QED) is 0.0641. The van der Waals surface area contributed by atoms with E-state index in [0.29, 0.717) is 11.1 Å². The van der Waals surface area contributed by atoms with Crippen LogP contribution in [0.15, 0.2) is 106 Å². The second kappa shape index (κ2) is 18.2. The second-order valence-corrected chi connectivity index (χ2v) is 13.2. The molecule has 1 aromatic heterocycles. The molecule has 0 bridgehead atoms. The van der Waals surface area contributed by atoms with Crippen molar-refractivity contribution >= 4 is 47.0 Å². The molecular formula is C43H36O17. The summed E-state index contributed by atoms with van der Waals surface area (Å²) in [6.45, 7) is 1.35. The van der Waals surface area contributed by atoms with Crippen LogP contribution in [0.25, 0.3) is 34.4 Å². The fraction of sp³-hybridized carbons (Fsp3) is 0.186. The molecule has 5 aromatic rings. The second-order valence-electron chi connectivity index (χ2n) is 13.2. The molecule has 6 rings (SSSR count). The number of rotatable bonds is 12. The molecule has 0 unspecified atom stereocenters. The van der Waals surface area contributed by atoms with Gasteiger partial charge < -0.3 is 58.4 Å². The first-order chi connectivity index (χ1) is 28.6. The normalized spacial score (nSPS) is 18.9. The molecule has 1 fully saturated rings. The fourth-order valence-corrected chi connectivity index (χ4v) is 6.07. The molecule has 17 nitrogen and oxygen atoms in total. The molecule has 1 saturated heterocycles. The molecule has 2 heterocycles. The molecule has 4 aromatic carbocycles. The predicted molar refractivity (Wildman–Crippen MR) is 208 cm³/mol. The summed E-state index contributed by atoms with van der Waals surface area (Å²) < 4.78 is 40.7. The van der Waals surface area contributed by atoms with Gasteiger partial charge in [-0.2, -0.15) is 0 Å². The van der Waals surface area contributed by atoms with E-state index in [0.717, 1.165) is 38.1 Å². The van der Waals surface area contributed by atoms with Gasteiger partial charge >= 0.3 is 23.9 Å². The molecule has 0 saturated carbocycles. The topological polar surface area (TPSA) is 255 Å². The largest absolute Gasteiger partial charge is 0.508 e. The van der Waals surface area contributed by atoms with Gasteiger partial charge in [-0.3, -0.25) is 14.4 Å². The summed E-state index contributed by atoms with van der Waals surface area (Å²) in [6, 6.07) is 18.8. The summed E-state index contributed by atoms with van der Waals surface area (Å²) >= 11 is 0. The average Bonchev–Trinajstić information content (AvgIpc) is 3.19. The molecule has 0 amide bonds. The minimum atomic E-state index is -1.97. The Hall–Kier alpha value is -7.79. The molecule has 0 aliphatic carbocycles. The van der Waals surface area contributed by atoms with Crippen molar-refractivity contribution in [2.45, 2.75) is 44.6 Å². The van der Waals surface area contributed by atoms with Gasteiger partial charge in [-0.15, -0.1) is 0 Å². The van der Waals surface area contributed by atoms with Crippen molar-refractivity contribution in [3.8, 4) is 45.8 Å². The first-order valence-corrected chi connectivity index (χ1v) is 18.0. The molecule has 17 heteroatoms. The van der Waals surface area contributed by atoms with Crippen molar-refractivity contribution in [1.29, 1.82) is 0 Å². The maximum atomic E-state index is 14.3. The lowest BCUT2D eigenvalue weighted by atomic mass is 9.98. The maximum Gasteiger partial charge on any atom is 0.331 e. The van der Waals surface area contributed by atoms with E-state index in [1.165, 1.54) is 84.9 Å². The number of hydrogen-bond donors (Lipinski definition) is 5. The third-order valence-electron chi connectivity index (χ3n) is 8.73. The summed E-state index contributed by atoms with van der Waals surface area (Å²) in [5, 5.41) is 49.7. The van der Waals surface area contributed by atoms with Gasteiger partial charge in [0, 0.05) is 43.7 Å². The zero-order valence-electron chi connectivity index (χ0n) is 31.6. The van der Waals surface area contributed by atoms with Gasteiger partial charge in [-0.25, -0.2) is 9.59 Å². The lowest BCUT2D eigenvalue weighted by molar-refractivity contribution is -0.288. The highest BCUT2D eigenvalue weighted by molar-refractivity contribution is 5.89. The number of hydrogen-bond acceptors (Lipinski definition) is 17. The molecular weight excluding hydrogens is 788 g/mol. The molecule has 5 atom stereocenters. The van der Waals surface area contributed by atoms with Crippen LogP contribution in [0.3, 0.4) is 0 Å². The Morgan fingerprint density at radius 2 is 1.18 bits per heavy atom. The van der Waals surface area contributed by atoms with Crippen molar-refractivity contribution in [3.63, 3.8) is 0 Å². The van der Waals surface area contributed by atoms with Crippen LogP contribution < -0.4 is 10.2 Å².